The van der Waals surface area contributed by atoms with Crippen molar-refractivity contribution < 1.29 is 0 Å². The van der Waals surface area contributed by atoms with E-state index in [2.05, 4.69) is 289 Å². The van der Waals surface area contributed by atoms with Crippen LogP contribution < -0.4 is 4.90 Å². The zero-order chi connectivity index (χ0) is 49.2. The van der Waals surface area contributed by atoms with Crippen molar-refractivity contribution in [3.8, 4) is 50.2 Å². The zero-order valence-corrected chi connectivity index (χ0v) is 41.0. The van der Waals surface area contributed by atoms with Crippen molar-refractivity contribution in [3.63, 3.8) is 0 Å². The molecule has 0 radical (unpaired) electrons. The topological polar surface area (TPSA) is 8.17 Å². The third kappa shape index (κ3) is 5.97. The van der Waals surface area contributed by atoms with Crippen LogP contribution in [0.2, 0.25) is 0 Å². The standard InChI is InChI=1S/C73H46N2/c1-2-19-47(20-3-1)49-21-18-22-50(43-49)48-37-39-51(40-38-48)74(52-41-42-57-55-25-5-4-23-53(55)54-24-6-7-26-56(54)63(57)44-52)72-46-68-64(45-71(72)75-69-35-16-11-30-61(69)62-31-12-17-36-70(62)75)60-29-10-15-34-67(60)73(68)65-32-13-8-27-58(65)59-28-9-14-33-66(59)73/h1-46H. The van der Waals surface area contributed by atoms with Gasteiger partial charge in [-0.3, -0.25) is 0 Å². The summed E-state index contributed by atoms with van der Waals surface area (Å²) in [5, 5.41) is 9.95. The molecule has 16 rings (SSSR count). The summed E-state index contributed by atoms with van der Waals surface area (Å²) in [5.74, 6) is 0. The van der Waals surface area contributed by atoms with Crippen LogP contribution in [0.25, 0.3) is 104 Å². The Morgan fingerprint density at radius 3 is 1.25 bits per heavy atom. The second kappa shape index (κ2) is 16.1. The number of hydrogen-bond acceptors (Lipinski definition) is 1. The lowest BCUT2D eigenvalue weighted by Gasteiger charge is -2.33. The van der Waals surface area contributed by atoms with Crippen LogP contribution in [0.4, 0.5) is 17.1 Å². The van der Waals surface area contributed by atoms with Crippen molar-refractivity contribution in [2.45, 2.75) is 5.41 Å². The van der Waals surface area contributed by atoms with E-state index >= 15 is 0 Å². The molecule has 0 aliphatic heterocycles. The third-order valence-corrected chi connectivity index (χ3v) is 16.6. The number of nitrogens with zero attached hydrogens (tertiary/aromatic N) is 2. The second-order valence-corrected chi connectivity index (χ2v) is 20.3. The van der Waals surface area contributed by atoms with Crippen LogP contribution in [0.15, 0.2) is 279 Å². The molecule has 75 heavy (non-hydrogen) atoms. The Morgan fingerprint density at radius 1 is 0.253 bits per heavy atom. The lowest BCUT2D eigenvalue weighted by molar-refractivity contribution is 0.793. The molecule has 2 aliphatic rings. The van der Waals surface area contributed by atoms with Crippen molar-refractivity contribution in [3.05, 3.63) is 301 Å². The quantitative estimate of drug-likeness (QED) is 0.151. The van der Waals surface area contributed by atoms with Crippen LogP contribution in [-0.4, -0.2) is 4.57 Å². The predicted molar refractivity (Wildman–Crippen MR) is 315 cm³/mol. The molecule has 0 amide bonds. The Morgan fingerprint density at radius 2 is 0.680 bits per heavy atom. The molecular formula is C73H46N2. The van der Waals surface area contributed by atoms with Crippen molar-refractivity contribution in [2.24, 2.45) is 0 Å². The molecule has 14 aromatic rings. The highest BCUT2D eigenvalue weighted by Gasteiger charge is 2.52. The first-order valence-electron chi connectivity index (χ1n) is 26.1. The number of hydrogen-bond donors (Lipinski definition) is 0. The molecule has 2 heteroatoms. The van der Waals surface area contributed by atoms with Gasteiger partial charge in [-0.2, -0.15) is 0 Å². The Kier molecular flexibility index (Phi) is 8.99. The first-order valence-corrected chi connectivity index (χ1v) is 26.1. The smallest absolute Gasteiger partial charge is 0.0726 e. The molecule has 348 valence electrons. The maximum atomic E-state index is 2.58. The summed E-state index contributed by atoms with van der Waals surface area (Å²) in [4.78, 5) is 2.55. The molecule has 2 nitrogen and oxygen atoms in total. The molecule has 1 aromatic heterocycles. The van der Waals surface area contributed by atoms with Crippen LogP contribution in [0, 0.1) is 0 Å². The monoisotopic (exact) mass is 950 g/mol. The first-order chi connectivity index (χ1) is 37.2. The molecule has 0 bridgehead atoms. The number of benzene rings is 13. The zero-order valence-electron chi connectivity index (χ0n) is 41.0. The van der Waals surface area contributed by atoms with E-state index in [-0.39, 0.29) is 0 Å². The second-order valence-electron chi connectivity index (χ2n) is 20.3. The summed E-state index contributed by atoms with van der Waals surface area (Å²) in [6, 6.07) is 104. The lowest BCUT2D eigenvalue weighted by Crippen LogP contribution is -2.26. The largest absolute Gasteiger partial charge is 0.308 e. The molecule has 1 heterocycles. The minimum absolute atomic E-state index is 0.551. The molecule has 0 saturated heterocycles. The van der Waals surface area contributed by atoms with Gasteiger partial charge >= 0.3 is 0 Å². The van der Waals surface area contributed by atoms with E-state index in [1.807, 2.05) is 0 Å². The molecule has 1 spiro atoms. The molecule has 0 N–H and O–H groups in total. The number of aromatic nitrogens is 1. The highest BCUT2D eigenvalue weighted by atomic mass is 15.2. The van der Waals surface area contributed by atoms with Crippen LogP contribution in [0.5, 0.6) is 0 Å². The maximum absolute atomic E-state index is 2.58. The molecule has 0 atom stereocenters. The summed E-state index contributed by atoms with van der Waals surface area (Å²) >= 11 is 0. The minimum atomic E-state index is -0.551. The van der Waals surface area contributed by atoms with Gasteiger partial charge in [0, 0.05) is 22.1 Å². The summed E-state index contributed by atoms with van der Waals surface area (Å²) < 4.78 is 2.53. The number of rotatable bonds is 6. The predicted octanol–water partition coefficient (Wildman–Crippen LogP) is 19.4. The Hall–Kier alpha value is -9.76. The van der Waals surface area contributed by atoms with Gasteiger partial charge in [-0.25, -0.2) is 0 Å². The van der Waals surface area contributed by atoms with Gasteiger partial charge in [0.05, 0.1) is 27.8 Å². The summed E-state index contributed by atoms with van der Waals surface area (Å²) in [6.45, 7) is 0. The molecular weight excluding hydrogens is 905 g/mol. The van der Waals surface area contributed by atoms with E-state index < -0.39 is 5.41 Å². The van der Waals surface area contributed by atoms with Gasteiger partial charge in [0.2, 0.25) is 0 Å². The Bertz CT molecular complexity index is 4520. The van der Waals surface area contributed by atoms with Crippen molar-refractivity contribution in [1.82, 2.24) is 4.57 Å². The maximum Gasteiger partial charge on any atom is 0.0726 e. The van der Waals surface area contributed by atoms with Crippen molar-refractivity contribution in [1.29, 1.82) is 0 Å². The fourth-order valence-electron chi connectivity index (χ4n) is 13.4. The lowest BCUT2D eigenvalue weighted by atomic mass is 9.70. The van der Waals surface area contributed by atoms with Gasteiger partial charge in [-0.1, -0.05) is 224 Å². The SMILES string of the molecule is c1ccc(-c2cccc(-c3ccc(N(c4ccc5c6ccccc6c6ccccc6c5c4)c4cc5c(cc4-n4c6ccccc6c6ccccc64)-c4ccccc4C54c5ccccc5-c5ccccc54)cc3)c2)cc1. The van der Waals surface area contributed by atoms with Gasteiger partial charge < -0.3 is 9.47 Å². The fraction of sp³-hybridized carbons (Fsp3) is 0.0137. The molecule has 2 aliphatic carbocycles. The number of fused-ring (bicyclic) bond motifs is 19. The first kappa shape index (κ1) is 41.8. The third-order valence-electron chi connectivity index (χ3n) is 16.6. The molecule has 0 saturated carbocycles. The normalized spacial score (nSPS) is 12.9. The highest BCUT2D eigenvalue weighted by molar-refractivity contribution is 6.26. The summed E-state index contributed by atoms with van der Waals surface area (Å²) in [6.07, 6.45) is 0. The van der Waals surface area contributed by atoms with Gasteiger partial charge in [0.15, 0.2) is 0 Å². The van der Waals surface area contributed by atoms with E-state index in [0.29, 0.717) is 0 Å². The van der Waals surface area contributed by atoms with Gasteiger partial charge in [0.1, 0.15) is 0 Å². The van der Waals surface area contributed by atoms with Crippen LogP contribution >= 0.6 is 0 Å². The number of anilines is 3. The highest BCUT2D eigenvalue weighted by Crippen LogP contribution is 2.64. The van der Waals surface area contributed by atoms with Gasteiger partial charge in [-0.15, -0.1) is 0 Å². The van der Waals surface area contributed by atoms with Crippen LogP contribution in [0.1, 0.15) is 22.3 Å². The van der Waals surface area contributed by atoms with E-state index in [1.165, 1.54) is 115 Å². The van der Waals surface area contributed by atoms with Gasteiger partial charge in [-0.05, 0) is 154 Å². The Labute approximate surface area is 435 Å². The minimum Gasteiger partial charge on any atom is -0.308 e. The Balaban J connectivity index is 1.03. The van der Waals surface area contributed by atoms with Crippen LogP contribution in [0.3, 0.4) is 0 Å². The van der Waals surface area contributed by atoms with E-state index in [1.54, 1.807) is 0 Å². The van der Waals surface area contributed by atoms with Crippen molar-refractivity contribution in [2.75, 3.05) is 4.90 Å². The van der Waals surface area contributed by atoms with E-state index in [0.717, 1.165) is 28.3 Å². The average molecular weight is 951 g/mol. The summed E-state index contributed by atoms with van der Waals surface area (Å²) in [7, 11) is 0. The van der Waals surface area contributed by atoms with Crippen LogP contribution in [-0.2, 0) is 5.41 Å². The fourth-order valence-corrected chi connectivity index (χ4v) is 13.4. The molecule has 0 unspecified atom stereocenters. The molecule has 13 aromatic carbocycles. The van der Waals surface area contributed by atoms with Gasteiger partial charge in [0.25, 0.3) is 0 Å². The summed E-state index contributed by atoms with van der Waals surface area (Å²) in [5.41, 5.74) is 21.3. The van der Waals surface area contributed by atoms with E-state index in [9.17, 15) is 0 Å². The molecule has 0 fully saturated rings. The average Bonchev–Trinajstić information content (AvgIpc) is 4.14. The van der Waals surface area contributed by atoms with E-state index in [4.69, 9.17) is 0 Å². The van der Waals surface area contributed by atoms with Crippen molar-refractivity contribution >= 4 is 71.2 Å². The number of para-hydroxylation sites is 2.